The minimum atomic E-state index is -5.84. The first-order valence-electron chi connectivity index (χ1n) is 14.3. The van der Waals surface area contributed by atoms with E-state index in [9.17, 15) is 13.2 Å². The number of rotatable bonds is 5. The molecular weight excluding hydrogens is 609 g/mol. The number of hydrogen-bond donors (Lipinski definition) is 1. The van der Waals surface area contributed by atoms with Crippen molar-refractivity contribution in [3.05, 3.63) is 158 Å². The maximum Gasteiger partial charge on any atom is 0.522 e. The van der Waals surface area contributed by atoms with Crippen molar-refractivity contribution in [3.8, 4) is 0 Å². The number of alkyl halides is 3. The molecule has 0 aliphatic heterocycles. The highest BCUT2D eigenvalue weighted by Crippen LogP contribution is 2.44. The monoisotopic (exact) mass is 636 g/mol. The number of halogens is 3. The van der Waals surface area contributed by atoms with E-state index < -0.39 is 15.6 Å². The third kappa shape index (κ3) is 6.10. The average molecular weight is 637 g/mol. The van der Waals surface area contributed by atoms with Crippen LogP contribution in [0.15, 0.2) is 158 Å². The predicted octanol–water partition coefficient (Wildman–Crippen LogP) is 10.4. The van der Waals surface area contributed by atoms with Crippen molar-refractivity contribution in [1.82, 2.24) is 0 Å². The molecule has 0 unspecified atom stereocenters. The van der Waals surface area contributed by atoms with Crippen molar-refractivity contribution in [2.45, 2.75) is 5.51 Å². The quantitative estimate of drug-likeness (QED) is 0.116. The Hall–Kier alpha value is -5.38. The van der Waals surface area contributed by atoms with E-state index >= 15 is 0 Å². The molecule has 0 spiro atoms. The summed E-state index contributed by atoms with van der Waals surface area (Å²) in [4.78, 5) is 0. The third-order valence-electron chi connectivity index (χ3n) is 7.48. The van der Waals surface area contributed by atoms with Gasteiger partial charge in [0.15, 0.2) is 0 Å². The molecule has 0 saturated carbocycles. The molecule has 1 N–H and O–H groups in total. The summed E-state index contributed by atoms with van der Waals surface area (Å²) in [5.41, 5.74) is -1.08. The summed E-state index contributed by atoms with van der Waals surface area (Å²) < 4.78 is 57.5. The highest BCUT2D eigenvalue weighted by molar-refractivity contribution is 7.86. The van der Waals surface area contributed by atoms with Gasteiger partial charge in [-0.2, -0.15) is 21.6 Å². The zero-order chi connectivity index (χ0) is 32.3. The van der Waals surface area contributed by atoms with Gasteiger partial charge in [-0.15, -0.1) is 0 Å². The third-order valence-corrected chi connectivity index (χ3v) is 8.06. The predicted molar refractivity (Wildman–Crippen MR) is 180 cm³/mol. The van der Waals surface area contributed by atoms with E-state index in [0.717, 1.165) is 22.7 Å². The minimum Gasteiger partial charge on any atom is -0.279 e. The van der Waals surface area contributed by atoms with Gasteiger partial charge in [0.05, 0.1) is 22.7 Å². The molecule has 0 amide bonds. The zero-order valence-electron chi connectivity index (χ0n) is 24.2. The van der Waals surface area contributed by atoms with E-state index in [4.69, 9.17) is 13.0 Å². The first-order chi connectivity index (χ1) is 22.1. The van der Waals surface area contributed by atoms with E-state index in [1.54, 1.807) is 0 Å². The van der Waals surface area contributed by atoms with Gasteiger partial charge in [-0.25, -0.2) is 10.0 Å². The highest BCUT2D eigenvalue weighted by atomic mass is 32.2. The molecule has 7 aromatic rings. The molecule has 0 saturated heterocycles. The fraction of sp³-hybridized carbons (Fsp3) is 0.0270. The molecule has 0 aliphatic rings. The smallest absolute Gasteiger partial charge is 0.279 e. The molecule has 46 heavy (non-hydrogen) atoms. The van der Waals surface area contributed by atoms with Gasteiger partial charge < -0.3 is 0 Å². The van der Waals surface area contributed by atoms with Crippen LogP contribution in [0.3, 0.4) is 0 Å². The van der Waals surface area contributed by atoms with Crippen LogP contribution >= 0.6 is 0 Å². The Bertz CT molecular complexity index is 2160. The second-order valence-electron chi connectivity index (χ2n) is 10.4. The van der Waals surface area contributed by atoms with Crippen molar-refractivity contribution in [3.63, 3.8) is 0 Å². The molecule has 0 aromatic heterocycles. The van der Waals surface area contributed by atoms with Crippen LogP contribution in [-0.2, 0) is 10.1 Å². The van der Waals surface area contributed by atoms with Crippen molar-refractivity contribution in [2.75, 3.05) is 10.0 Å². The summed E-state index contributed by atoms with van der Waals surface area (Å²) in [6.07, 6.45) is 0. The number of hydrogen-bond acceptors (Lipinski definition) is 4. The maximum absolute atomic E-state index is 10.7. The fourth-order valence-corrected chi connectivity index (χ4v) is 5.46. The van der Waals surface area contributed by atoms with Gasteiger partial charge in [-0.05, 0) is 46.5 Å². The number of nitrogens with zero attached hydrogens (tertiary/aromatic N) is 2. The molecule has 7 rings (SSSR count). The lowest BCUT2D eigenvalue weighted by Crippen LogP contribution is -2.36. The molecule has 0 bridgehead atoms. The second-order valence-corrected chi connectivity index (χ2v) is 11.8. The summed E-state index contributed by atoms with van der Waals surface area (Å²) in [7, 11) is -5.84. The molecule has 230 valence electrons. The summed E-state index contributed by atoms with van der Waals surface area (Å²) in [6, 6.07) is 56.2. The molecular formula is C37H27F3N2O3S. The average Bonchev–Trinajstić information content (AvgIpc) is 3.06. The van der Waals surface area contributed by atoms with E-state index in [1.165, 1.54) is 32.3 Å². The van der Waals surface area contributed by atoms with Gasteiger partial charge in [-0.1, -0.05) is 127 Å². The van der Waals surface area contributed by atoms with Crippen LogP contribution < -0.4 is 10.0 Å². The van der Waals surface area contributed by atoms with Crippen LogP contribution in [-0.4, -0.2) is 18.5 Å². The standard InChI is InChI=1S/C36H26N2.CHF3O3S/c1-2-19-30(20-3-1)37(34-24-10-16-27-13-4-7-21-31(27)34)38(35-25-11-17-28-14-5-8-22-32(28)35)36-26-12-18-29-15-6-9-23-33(29)36;2-1(3,4)8(5,6)7/h1-26H;(H,5,6,7). The Kier molecular flexibility index (Phi) is 8.36. The molecule has 9 heteroatoms. The lowest BCUT2D eigenvalue weighted by atomic mass is 10.0. The van der Waals surface area contributed by atoms with Crippen LogP contribution in [0.4, 0.5) is 35.9 Å². The summed E-state index contributed by atoms with van der Waals surface area (Å²) in [6.45, 7) is 0. The molecule has 0 radical (unpaired) electrons. The molecule has 0 aliphatic carbocycles. The van der Waals surface area contributed by atoms with Crippen LogP contribution in [0.25, 0.3) is 32.3 Å². The molecule has 7 aromatic carbocycles. The van der Waals surface area contributed by atoms with E-state index in [0.29, 0.717) is 0 Å². The number of hydrazine groups is 1. The van der Waals surface area contributed by atoms with E-state index in [1.807, 2.05) is 0 Å². The van der Waals surface area contributed by atoms with Gasteiger partial charge in [0.1, 0.15) is 0 Å². The molecule has 0 atom stereocenters. The van der Waals surface area contributed by atoms with Gasteiger partial charge in [-0.3, -0.25) is 4.55 Å². The van der Waals surface area contributed by atoms with Crippen LogP contribution in [0.2, 0.25) is 0 Å². The number of anilines is 4. The summed E-state index contributed by atoms with van der Waals surface area (Å²) >= 11 is 0. The summed E-state index contributed by atoms with van der Waals surface area (Å²) in [5, 5.41) is 12.0. The van der Waals surface area contributed by atoms with Crippen molar-refractivity contribution >= 4 is 65.2 Å². The van der Waals surface area contributed by atoms with Gasteiger partial charge in [0.2, 0.25) is 0 Å². The van der Waals surface area contributed by atoms with Crippen LogP contribution in [0.1, 0.15) is 0 Å². The normalized spacial score (nSPS) is 11.7. The highest BCUT2D eigenvalue weighted by Gasteiger charge is 2.44. The lowest BCUT2D eigenvalue weighted by molar-refractivity contribution is -0.0510. The molecule has 5 nitrogen and oxygen atoms in total. The van der Waals surface area contributed by atoms with Crippen molar-refractivity contribution in [2.24, 2.45) is 0 Å². The Morgan fingerprint density at radius 2 is 0.739 bits per heavy atom. The Balaban J connectivity index is 0.000000414. The lowest BCUT2D eigenvalue weighted by Gasteiger charge is -2.40. The SMILES string of the molecule is O=S(=O)(O)C(F)(F)F.c1ccc(N(c2cccc3ccccc23)N(c2cccc3ccccc23)c2cccc3ccccc23)cc1. The minimum absolute atomic E-state index is 1.09. The van der Waals surface area contributed by atoms with Crippen LogP contribution in [0, 0.1) is 0 Å². The second kappa shape index (κ2) is 12.5. The first kappa shape index (κ1) is 30.6. The first-order valence-corrected chi connectivity index (χ1v) is 15.7. The van der Waals surface area contributed by atoms with Gasteiger partial charge in [0.25, 0.3) is 0 Å². The number of para-hydroxylation sites is 1. The summed E-state index contributed by atoms with van der Waals surface area (Å²) in [5.74, 6) is 0. The Morgan fingerprint density at radius 3 is 1.11 bits per heavy atom. The Labute approximate surface area is 264 Å². The van der Waals surface area contributed by atoms with Crippen molar-refractivity contribution < 1.29 is 26.1 Å². The maximum atomic E-state index is 10.7. The van der Waals surface area contributed by atoms with Gasteiger partial charge in [0, 0.05) is 16.2 Å². The molecule has 0 fully saturated rings. The van der Waals surface area contributed by atoms with E-state index in [2.05, 4.69) is 168 Å². The topological polar surface area (TPSA) is 60.9 Å². The zero-order valence-corrected chi connectivity index (χ0v) is 25.0. The van der Waals surface area contributed by atoms with Crippen LogP contribution in [0.5, 0.6) is 0 Å². The molecule has 0 heterocycles. The van der Waals surface area contributed by atoms with Crippen molar-refractivity contribution in [1.29, 1.82) is 0 Å². The van der Waals surface area contributed by atoms with E-state index in [-0.39, 0.29) is 0 Å². The number of fused-ring (bicyclic) bond motifs is 3. The Morgan fingerprint density at radius 1 is 0.435 bits per heavy atom. The fourth-order valence-electron chi connectivity index (χ4n) is 5.46. The largest absolute Gasteiger partial charge is 0.522 e. The van der Waals surface area contributed by atoms with Gasteiger partial charge >= 0.3 is 15.6 Å². The number of benzene rings is 7.